The van der Waals surface area contributed by atoms with Crippen molar-refractivity contribution in [2.45, 2.75) is 25.9 Å². The predicted octanol–water partition coefficient (Wildman–Crippen LogP) is 1.19. The van der Waals surface area contributed by atoms with E-state index in [-0.39, 0.29) is 5.91 Å². The first-order valence-corrected chi connectivity index (χ1v) is 7.25. The zero-order valence-electron chi connectivity index (χ0n) is 11.9. The summed E-state index contributed by atoms with van der Waals surface area (Å²) in [5, 5.41) is 2.85. The van der Waals surface area contributed by atoms with Gasteiger partial charge in [-0.15, -0.1) is 0 Å². The van der Waals surface area contributed by atoms with Crippen LogP contribution >= 0.6 is 0 Å². The Labute approximate surface area is 123 Å². The van der Waals surface area contributed by atoms with E-state index < -0.39 is 0 Å². The van der Waals surface area contributed by atoms with Crippen molar-refractivity contribution in [1.29, 1.82) is 0 Å². The summed E-state index contributed by atoms with van der Waals surface area (Å²) in [4.78, 5) is 22.8. The van der Waals surface area contributed by atoms with Gasteiger partial charge in [-0.1, -0.05) is 0 Å². The zero-order valence-corrected chi connectivity index (χ0v) is 11.9. The van der Waals surface area contributed by atoms with Crippen molar-refractivity contribution in [3.8, 4) is 0 Å². The summed E-state index contributed by atoms with van der Waals surface area (Å²) in [5.74, 6) is 1.57. The zero-order chi connectivity index (χ0) is 14.5. The van der Waals surface area contributed by atoms with Crippen LogP contribution < -0.4 is 10.2 Å². The van der Waals surface area contributed by atoms with E-state index in [1.807, 2.05) is 35.2 Å². The fraction of sp³-hybridized carbons (Fsp3) is 0.400. The second-order valence-electron chi connectivity index (χ2n) is 5.16. The number of nitrogens with zero attached hydrogens (tertiary/aromatic N) is 4. The van der Waals surface area contributed by atoms with Crippen LogP contribution in [0.4, 0.5) is 5.82 Å². The fourth-order valence-corrected chi connectivity index (χ4v) is 2.47. The van der Waals surface area contributed by atoms with Crippen molar-refractivity contribution in [2.75, 3.05) is 18.0 Å². The molecule has 0 unspecified atom stereocenters. The van der Waals surface area contributed by atoms with Gasteiger partial charge in [-0.2, -0.15) is 0 Å². The molecule has 3 rings (SSSR count). The van der Waals surface area contributed by atoms with Crippen LogP contribution in [0.5, 0.6) is 0 Å². The van der Waals surface area contributed by atoms with Crippen molar-refractivity contribution < 1.29 is 4.79 Å². The van der Waals surface area contributed by atoms with Gasteiger partial charge in [0.15, 0.2) is 0 Å². The highest BCUT2D eigenvalue weighted by Gasteiger charge is 2.14. The van der Waals surface area contributed by atoms with E-state index >= 15 is 0 Å². The minimum absolute atomic E-state index is 0.0404. The highest BCUT2D eigenvalue weighted by Crippen LogP contribution is 2.16. The number of anilines is 1. The second-order valence-corrected chi connectivity index (χ2v) is 5.16. The van der Waals surface area contributed by atoms with E-state index in [4.69, 9.17) is 0 Å². The van der Waals surface area contributed by atoms with Crippen LogP contribution in [-0.2, 0) is 17.9 Å². The highest BCUT2D eigenvalue weighted by molar-refractivity contribution is 5.75. The number of carbonyl (C=O) groups is 1. The lowest BCUT2D eigenvalue weighted by Crippen LogP contribution is -2.28. The SMILES string of the molecule is O=C(Cn1cccc1)NCc1nccc(N2CCCC2)n1. The summed E-state index contributed by atoms with van der Waals surface area (Å²) in [6.45, 7) is 2.79. The predicted molar refractivity (Wildman–Crippen MR) is 79.8 cm³/mol. The number of amides is 1. The lowest BCUT2D eigenvalue weighted by Gasteiger charge is -2.16. The Bertz CT molecular complexity index is 590. The molecule has 3 heterocycles. The second kappa shape index (κ2) is 6.39. The van der Waals surface area contributed by atoms with Gasteiger partial charge in [0, 0.05) is 31.7 Å². The molecule has 1 fully saturated rings. The molecule has 21 heavy (non-hydrogen) atoms. The molecule has 2 aromatic rings. The van der Waals surface area contributed by atoms with E-state index in [2.05, 4.69) is 20.2 Å². The van der Waals surface area contributed by atoms with Crippen LogP contribution in [0, 0.1) is 0 Å². The van der Waals surface area contributed by atoms with Crippen LogP contribution in [0.3, 0.4) is 0 Å². The van der Waals surface area contributed by atoms with Crippen LogP contribution in [0.1, 0.15) is 18.7 Å². The minimum atomic E-state index is -0.0404. The Morgan fingerprint density at radius 3 is 2.76 bits per heavy atom. The van der Waals surface area contributed by atoms with Gasteiger partial charge in [-0.05, 0) is 31.0 Å². The molecular weight excluding hydrogens is 266 g/mol. The molecule has 1 N–H and O–H groups in total. The largest absolute Gasteiger partial charge is 0.357 e. The summed E-state index contributed by atoms with van der Waals surface area (Å²) in [5.41, 5.74) is 0. The molecule has 0 saturated carbocycles. The molecule has 6 nitrogen and oxygen atoms in total. The van der Waals surface area contributed by atoms with Crippen molar-refractivity contribution in [3.63, 3.8) is 0 Å². The molecule has 1 saturated heterocycles. The van der Waals surface area contributed by atoms with Gasteiger partial charge in [0.25, 0.3) is 0 Å². The molecule has 6 heteroatoms. The summed E-state index contributed by atoms with van der Waals surface area (Å²) >= 11 is 0. The van der Waals surface area contributed by atoms with Crippen LogP contribution in [0.2, 0.25) is 0 Å². The third kappa shape index (κ3) is 3.59. The average molecular weight is 285 g/mol. The number of hydrogen-bond donors (Lipinski definition) is 1. The molecule has 0 aliphatic carbocycles. The van der Waals surface area contributed by atoms with Gasteiger partial charge >= 0.3 is 0 Å². The Morgan fingerprint density at radius 2 is 2.00 bits per heavy atom. The molecule has 0 aromatic carbocycles. The van der Waals surface area contributed by atoms with E-state index in [9.17, 15) is 4.79 Å². The maximum Gasteiger partial charge on any atom is 0.240 e. The van der Waals surface area contributed by atoms with Crippen molar-refractivity contribution in [2.24, 2.45) is 0 Å². The van der Waals surface area contributed by atoms with Crippen molar-refractivity contribution in [1.82, 2.24) is 19.9 Å². The van der Waals surface area contributed by atoms with Crippen LogP contribution in [0.15, 0.2) is 36.8 Å². The van der Waals surface area contributed by atoms with Crippen LogP contribution in [-0.4, -0.2) is 33.5 Å². The maximum atomic E-state index is 11.8. The van der Waals surface area contributed by atoms with Gasteiger partial charge in [0.05, 0.1) is 6.54 Å². The van der Waals surface area contributed by atoms with E-state index in [0.29, 0.717) is 18.9 Å². The van der Waals surface area contributed by atoms with Crippen molar-refractivity contribution in [3.05, 3.63) is 42.6 Å². The smallest absolute Gasteiger partial charge is 0.240 e. The van der Waals surface area contributed by atoms with E-state index in [1.165, 1.54) is 12.8 Å². The molecule has 2 aromatic heterocycles. The normalized spacial score (nSPS) is 14.4. The molecule has 0 atom stereocenters. The van der Waals surface area contributed by atoms with Gasteiger partial charge in [-0.3, -0.25) is 4.79 Å². The summed E-state index contributed by atoms with van der Waals surface area (Å²) in [6, 6.07) is 5.72. The first-order valence-electron chi connectivity index (χ1n) is 7.25. The molecule has 1 amide bonds. The van der Waals surface area contributed by atoms with Gasteiger partial charge in [-0.25, -0.2) is 9.97 Å². The first-order chi connectivity index (χ1) is 10.3. The minimum Gasteiger partial charge on any atom is -0.357 e. The number of nitrogens with one attached hydrogen (secondary N) is 1. The summed E-state index contributed by atoms with van der Waals surface area (Å²) in [7, 11) is 0. The van der Waals surface area contributed by atoms with Crippen molar-refractivity contribution >= 4 is 11.7 Å². The summed E-state index contributed by atoms with van der Waals surface area (Å²) in [6.07, 6.45) is 7.92. The van der Waals surface area contributed by atoms with Gasteiger partial charge in [0.2, 0.25) is 5.91 Å². The molecule has 0 spiro atoms. The van der Waals surface area contributed by atoms with E-state index in [1.54, 1.807) is 6.20 Å². The lowest BCUT2D eigenvalue weighted by molar-refractivity contribution is -0.121. The van der Waals surface area contributed by atoms with Gasteiger partial charge < -0.3 is 14.8 Å². The molecule has 0 radical (unpaired) electrons. The Kier molecular flexibility index (Phi) is 4.14. The number of aromatic nitrogens is 3. The molecular formula is C15H19N5O. The number of carbonyl (C=O) groups excluding carboxylic acids is 1. The molecule has 110 valence electrons. The Hall–Kier alpha value is -2.37. The Morgan fingerprint density at radius 1 is 1.24 bits per heavy atom. The molecule has 0 bridgehead atoms. The average Bonchev–Trinajstić information content (AvgIpc) is 3.19. The third-order valence-corrected chi connectivity index (χ3v) is 3.56. The Balaban J connectivity index is 1.55. The number of rotatable bonds is 5. The number of hydrogen-bond acceptors (Lipinski definition) is 4. The lowest BCUT2D eigenvalue weighted by atomic mass is 10.4. The first kappa shape index (κ1) is 13.6. The van der Waals surface area contributed by atoms with Crippen LogP contribution in [0.25, 0.3) is 0 Å². The monoisotopic (exact) mass is 285 g/mol. The quantitative estimate of drug-likeness (QED) is 0.896. The third-order valence-electron chi connectivity index (χ3n) is 3.56. The topological polar surface area (TPSA) is 63.1 Å². The summed E-state index contributed by atoms with van der Waals surface area (Å²) < 4.78 is 1.83. The highest BCUT2D eigenvalue weighted by atomic mass is 16.1. The van der Waals surface area contributed by atoms with Gasteiger partial charge in [0.1, 0.15) is 18.2 Å². The maximum absolute atomic E-state index is 11.8. The molecule has 1 aliphatic rings. The fourth-order valence-electron chi connectivity index (χ4n) is 2.47. The van der Waals surface area contributed by atoms with E-state index in [0.717, 1.165) is 18.9 Å². The standard InChI is InChI=1S/C15H19N5O/c21-15(12-19-7-1-2-8-19)17-11-13-16-6-5-14(18-13)20-9-3-4-10-20/h1-2,5-8H,3-4,9-12H2,(H,17,21). The molecule has 1 aliphatic heterocycles.